The number of ether oxygens (including phenoxy) is 1. The molecule has 0 aromatic carbocycles. The largest absolute Gasteiger partial charge is 0.472 e. The van der Waals surface area contributed by atoms with Crippen molar-refractivity contribution in [3.63, 3.8) is 0 Å². The highest BCUT2D eigenvalue weighted by Gasteiger charge is 2.24. The van der Waals surface area contributed by atoms with Gasteiger partial charge in [-0.05, 0) is 50.2 Å². The van der Waals surface area contributed by atoms with Crippen molar-refractivity contribution in [1.29, 1.82) is 0 Å². The molecule has 0 atom stereocenters. The van der Waals surface area contributed by atoms with Gasteiger partial charge < -0.3 is 15.0 Å². The quantitative estimate of drug-likeness (QED) is 0.593. The third-order valence-corrected chi connectivity index (χ3v) is 5.85. The highest BCUT2D eigenvalue weighted by Crippen LogP contribution is 2.36. The van der Waals surface area contributed by atoms with Gasteiger partial charge in [0.2, 0.25) is 0 Å². The van der Waals surface area contributed by atoms with Crippen LogP contribution in [0.5, 0.6) is 5.88 Å². The van der Waals surface area contributed by atoms with E-state index in [1.54, 1.807) is 0 Å². The van der Waals surface area contributed by atoms with E-state index in [4.69, 9.17) is 19.7 Å². The first-order valence-corrected chi connectivity index (χ1v) is 11.5. The second-order valence-corrected chi connectivity index (χ2v) is 8.29. The fraction of sp³-hybridized carbons (Fsp3) is 0.625. The topological polar surface area (TPSA) is 63.2 Å². The average molecular weight is 412 g/mol. The second-order valence-electron chi connectivity index (χ2n) is 8.29. The third-order valence-electron chi connectivity index (χ3n) is 5.85. The Labute approximate surface area is 181 Å². The molecule has 6 nitrogen and oxygen atoms in total. The maximum Gasteiger partial charge on any atom is 0.257 e. The van der Waals surface area contributed by atoms with Gasteiger partial charge in [0.05, 0.1) is 11.4 Å². The SMILES string of the molecule is CCc1nc(OC(CC)CC)c(NC)nc1-c1ccc(C(C)C)nc1N1CCCC1. The smallest absolute Gasteiger partial charge is 0.257 e. The first-order chi connectivity index (χ1) is 14.5. The van der Waals surface area contributed by atoms with Crippen LogP contribution in [0, 0.1) is 0 Å². The molecule has 1 saturated heterocycles. The minimum Gasteiger partial charge on any atom is -0.472 e. The van der Waals surface area contributed by atoms with Gasteiger partial charge >= 0.3 is 0 Å². The molecule has 0 radical (unpaired) electrons. The Morgan fingerprint density at radius 1 is 1.03 bits per heavy atom. The lowest BCUT2D eigenvalue weighted by Crippen LogP contribution is -2.21. The average Bonchev–Trinajstić information content (AvgIpc) is 3.31. The summed E-state index contributed by atoms with van der Waals surface area (Å²) in [6, 6.07) is 4.31. The normalized spacial score (nSPS) is 14.1. The number of hydrogen-bond donors (Lipinski definition) is 1. The Balaban J connectivity index is 2.12. The Morgan fingerprint density at radius 3 is 2.30 bits per heavy atom. The molecule has 30 heavy (non-hydrogen) atoms. The maximum absolute atomic E-state index is 6.19. The second kappa shape index (κ2) is 10.1. The molecule has 3 rings (SSSR count). The molecule has 0 amide bonds. The molecule has 0 saturated carbocycles. The lowest BCUT2D eigenvalue weighted by molar-refractivity contribution is 0.185. The van der Waals surface area contributed by atoms with E-state index in [0.717, 1.165) is 60.8 Å². The van der Waals surface area contributed by atoms with Gasteiger partial charge in [-0.1, -0.05) is 34.6 Å². The summed E-state index contributed by atoms with van der Waals surface area (Å²) in [5.41, 5.74) is 4.04. The van der Waals surface area contributed by atoms with Crippen molar-refractivity contribution in [3.05, 3.63) is 23.5 Å². The predicted molar refractivity (Wildman–Crippen MR) is 125 cm³/mol. The van der Waals surface area contributed by atoms with E-state index in [1.165, 1.54) is 12.8 Å². The molecule has 3 heterocycles. The molecule has 6 heteroatoms. The zero-order valence-corrected chi connectivity index (χ0v) is 19.5. The van der Waals surface area contributed by atoms with Crippen LogP contribution in [-0.4, -0.2) is 41.2 Å². The molecule has 0 spiro atoms. The van der Waals surface area contributed by atoms with Crippen LogP contribution >= 0.6 is 0 Å². The summed E-state index contributed by atoms with van der Waals surface area (Å²) in [5, 5.41) is 3.20. The Bertz CT molecular complexity index is 842. The number of pyridine rings is 1. The van der Waals surface area contributed by atoms with Crippen molar-refractivity contribution < 1.29 is 4.74 Å². The summed E-state index contributed by atoms with van der Waals surface area (Å²) in [7, 11) is 1.88. The maximum atomic E-state index is 6.19. The number of anilines is 2. The molecule has 1 N–H and O–H groups in total. The van der Waals surface area contributed by atoms with Crippen molar-refractivity contribution >= 4 is 11.6 Å². The summed E-state index contributed by atoms with van der Waals surface area (Å²) in [6.45, 7) is 12.9. The number of nitrogens with one attached hydrogen (secondary N) is 1. The molecular weight excluding hydrogens is 374 g/mol. The molecule has 1 aliphatic heterocycles. The molecule has 0 unspecified atom stereocenters. The van der Waals surface area contributed by atoms with Crippen LogP contribution in [0.4, 0.5) is 11.6 Å². The molecular formula is C24H37N5O. The van der Waals surface area contributed by atoms with E-state index >= 15 is 0 Å². The summed E-state index contributed by atoms with van der Waals surface area (Å²) >= 11 is 0. The van der Waals surface area contributed by atoms with Crippen molar-refractivity contribution in [1.82, 2.24) is 15.0 Å². The van der Waals surface area contributed by atoms with Crippen molar-refractivity contribution in [3.8, 4) is 17.1 Å². The van der Waals surface area contributed by atoms with Gasteiger partial charge in [-0.15, -0.1) is 0 Å². The lowest BCUT2D eigenvalue weighted by Gasteiger charge is -2.23. The molecule has 1 aliphatic rings. The van der Waals surface area contributed by atoms with E-state index < -0.39 is 0 Å². The monoisotopic (exact) mass is 411 g/mol. The molecule has 2 aromatic rings. The standard InChI is InChI=1S/C24H37N5O/c1-7-17(8-2)30-24-22(25-6)28-21(19(9-3)27-24)18-12-13-20(16(4)5)26-23(18)29-14-10-11-15-29/h12-13,16-17H,7-11,14-15H2,1-6H3,(H,25,28). The van der Waals surface area contributed by atoms with Crippen LogP contribution in [0.15, 0.2) is 12.1 Å². The Hall–Kier alpha value is -2.37. The number of aryl methyl sites for hydroxylation is 1. The number of rotatable bonds is 9. The zero-order valence-electron chi connectivity index (χ0n) is 19.5. The summed E-state index contributed by atoms with van der Waals surface area (Å²) in [4.78, 5) is 17.4. The van der Waals surface area contributed by atoms with Crippen LogP contribution in [0.1, 0.15) is 77.6 Å². The van der Waals surface area contributed by atoms with Crippen LogP contribution < -0.4 is 15.0 Å². The minimum atomic E-state index is 0.147. The van der Waals surface area contributed by atoms with Crippen molar-refractivity contribution in [2.75, 3.05) is 30.4 Å². The highest BCUT2D eigenvalue weighted by molar-refractivity contribution is 5.76. The van der Waals surface area contributed by atoms with Gasteiger partial charge in [0, 0.05) is 31.4 Å². The van der Waals surface area contributed by atoms with E-state index in [9.17, 15) is 0 Å². The Morgan fingerprint density at radius 2 is 1.73 bits per heavy atom. The van der Waals surface area contributed by atoms with Gasteiger partial charge in [-0.3, -0.25) is 0 Å². The van der Waals surface area contributed by atoms with Gasteiger partial charge in [0.25, 0.3) is 5.88 Å². The molecule has 2 aromatic heterocycles. The molecule has 164 valence electrons. The van der Waals surface area contributed by atoms with Crippen LogP contribution in [0.3, 0.4) is 0 Å². The Kier molecular flexibility index (Phi) is 7.51. The first-order valence-electron chi connectivity index (χ1n) is 11.5. The van der Waals surface area contributed by atoms with Crippen molar-refractivity contribution in [2.24, 2.45) is 0 Å². The van der Waals surface area contributed by atoms with Crippen LogP contribution in [0.25, 0.3) is 11.3 Å². The van der Waals surface area contributed by atoms with Gasteiger partial charge in [0.15, 0.2) is 5.82 Å². The van der Waals surface area contributed by atoms with Crippen molar-refractivity contribution in [2.45, 2.75) is 78.7 Å². The molecule has 0 bridgehead atoms. The third kappa shape index (κ3) is 4.68. The van der Waals surface area contributed by atoms with Gasteiger partial charge in [-0.2, -0.15) is 0 Å². The van der Waals surface area contributed by atoms with Gasteiger partial charge in [0.1, 0.15) is 11.9 Å². The molecule has 1 fully saturated rings. The minimum absolute atomic E-state index is 0.147. The van der Waals surface area contributed by atoms with Crippen LogP contribution in [-0.2, 0) is 6.42 Å². The molecule has 0 aliphatic carbocycles. The fourth-order valence-corrected chi connectivity index (χ4v) is 3.91. The predicted octanol–water partition coefficient (Wildman–Crippen LogP) is 5.43. The number of aromatic nitrogens is 3. The number of hydrogen-bond acceptors (Lipinski definition) is 6. The summed E-state index contributed by atoms with van der Waals surface area (Å²) < 4.78 is 6.19. The zero-order chi connectivity index (χ0) is 21.7. The van der Waals surface area contributed by atoms with E-state index in [2.05, 4.69) is 57.0 Å². The van der Waals surface area contributed by atoms with Gasteiger partial charge in [-0.25, -0.2) is 15.0 Å². The lowest BCUT2D eigenvalue weighted by atomic mass is 10.0. The highest BCUT2D eigenvalue weighted by atomic mass is 16.5. The fourth-order valence-electron chi connectivity index (χ4n) is 3.91. The van der Waals surface area contributed by atoms with Crippen LogP contribution in [0.2, 0.25) is 0 Å². The number of nitrogens with zero attached hydrogens (tertiary/aromatic N) is 4. The first kappa shape index (κ1) is 22.3. The summed E-state index contributed by atoms with van der Waals surface area (Å²) in [5.74, 6) is 2.72. The van der Waals surface area contributed by atoms with E-state index in [-0.39, 0.29) is 6.10 Å². The van der Waals surface area contributed by atoms with E-state index in [1.807, 2.05) is 7.05 Å². The summed E-state index contributed by atoms with van der Waals surface area (Å²) in [6.07, 6.45) is 5.26. The van der Waals surface area contributed by atoms with E-state index in [0.29, 0.717) is 17.6 Å².